The highest BCUT2D eigenvalue weighted by molar-refractivity contribution is 7.94. The van der Waals surface area contributed by atoms with E-state index in [0.29, 0.717) is 18.4 Å². The summed E-state index contributed by atoms with van der Waals surface area (Å²) in [6.45, 7) is 3.36. The fourth-order valence-corrected chi connectivity index (χ4v) is 5.26. The van der Waals surface area contributed by atoms with Gasteiger partial charge in [0.15, 0.2) is 19.7 Å². The molecule has 5 nitrogen and oxygen atoms in total. The van der Waals surface area contributed by atoms with Gasteiger partial charge in [-0.25, -0.2) is 16.8 Å². The van der Waals surface area contributed by atoms with Gasteiger partial charge in [0.05, 0.1) is 15.5 Å². The molecule has 0 bridgehead atoms. The smallest absolute Gasteiger partial charge is 0.252 e. The van der Waals surface area contributed by atoms with E-state index in [1.54, 1.807) is 0 Å². The van der Waals surface area contributed by atoms with E-state index in [-0.39, 0.29) is 21.1 Å². The number of rotatable bonds is 6. The lowest BCUT2D eigenvalue weighted by molar-refractivity contribution is 0.108. The topological polar surface area (TPSA) is 85.3 Å². The molecule has 118 valence electrons. The van der Waals surface area contributed by atoms with Crippen molar-refractivity contribution < 1.29 is 21.6 Å². The molecule has 0 unspecified atom stereocenters. The van der Waals surface area contributed by atoms with Gasteiger partial charge in [-0.05, 0) is 42.6 Å². The molecule has 0 atom stereocenters. The number of sulfone groups is 2. The summed E-state index contributed by atoms with van der Waals surface area (Å²) in [6, 6.07) is 2.25. The van der Waals surface area contributed by atoms with Crippen molar-refractivity contribution in [2.45, 2.75) is 36.5 Å². The lowest BCUT2D eigenvalue weighted by atomic mass is 10.1. The van der Waals surface area contributed by atoms with Crippen LogP contribution < -0.4 is 0 Å². The van der Waals surface area contributed by atoms with Crippen LogP contribution in [0.4, 0.5) is 0 Å². The van der Waals surface area contributed by atoms with Gasteiger partial charge < -0.3 is 0 Å². The SMILES string of the molecule is CCCCS(=O)(=O)c1cc(C)c(C(=O)Cl)cc1S(C)(=O)=O. The highest BCUT2D eigenvalue weighted by Gasteiger charge is 2.26. The Kier molecular flexibility index (Phi) is 5.57. The summed E-state index contributed by atoms with van der Waals surface area (Å²) in [6.07, 6.45) is 2.00. The van der Waals surface area contributed by atoms with Crippen LogP contribution in [0.2, 0.25) is 0 Å². The summed E-state index contributed by atoms with van der Waals surface area (Å²) < 4.78 is 48.3. The average molecular weight is 353 g/mol. The normalized spacial score (nSPS) is 12.4. The second-order valence-electron chi connectivity index (χ2n) is 4.83. The third-order valence-corrected chi connectivity index (χ3v) is 6.31. The van der Waals surface area contributed by atoms with Crippen LogP contribution >= 0.6 is 11.6 Å². The van der Waals surface area contributed by atoms with E-state index in [9.17, 15) is 21.6 Å². The maximum Gasteiger partial charge on any atom is 0.252 e. The van der Waals surface area contributed by atoms with Crippen LogP contribution in [0, 0.1) is 6.92 Å². The minimum atomic E-state index is -3.80. The summed E-state index contributed by atoms with van der Waals surface area (Å²) in [5.74, 6) is -0.139. The molecular formula is C13H17ClO5S2. The number of carbonyl (C=O) groups excluding carboxylic acids is 1. The number of hydrogen-bond acceptors (Lipinski definition) is 5. The Morgan fingerprint density at radius 1 is 1.14 bits per heavy atom. The molecule has 1 rings (SSSR count). The van der Waals surface area contributed by atoms with Crippen LogP contribution in [0.1, 0.15) is 35.7 Å². The van der Waals surface area contributed by atoms with Crippen LogP contribution in [0.3, 0.4) is 0 Å². The van der Waals surface area contributed by atoms with E-state index in [0.717, 1.165) is 12.3 Å². The van der Waals surface area contributed by atoms with E-state index in [1.807, 2.05) is 6.92 Å². The summed E-state index contributed by atoms with van der Waals surface area (Å²) in [5, 5.41) is -0.824. The molecule has 1 aromatic rings. The Balaban J connectivity index is 3.67. The van der Waals surface area contributed by atoms with Gasteiger partial charge in [0.1, 0.15) is 0 Å². The van der Waals surface area contributed by atoms with Crippen molar-refractivity contribution in [3.05, 3.63) is 23.3 Å². The molecule has 0 saturated heterocycles. The van der Waals surface area contributed by atoms with Gasteiger partial charge in [-0.3, -0.25) is 4.79 Å². The Morgan fingerprint density at radius 3 is 2.14 bits per heavy atom. The molecule has 0 N–H and O–H groups in total. The molecule has 0 aliphatic rings. The summed E-state index contributed by atoms with van der Waals surface area (Å²) in [7, 11) is -7.54. The molecule has 0 radical (unpaired) electrons. The van der Waals surface area contributed by atoms with Crippen molar-refractivity contribution in [1.29, 1.82) is 0 Å². The first-order chi connectivity index (χ1) is 9.50. The molecular weight excluding hydrogens is 336 g/mol. The zero-order valence-electron chi connectivity index (χ0n) is 12.0. The molecule has 0 aromatic heterocycles. The number of aryl methyl sites for hydroxylation is 1. The van der Waals surface area contributed by atoms with Crippen molar-refractivity contribution in [3.63, 3.8) is 0 Å². The molecule has 8 heteroatoms. The van der Waals surface area contributed by atoms with E-state index >= 15 is 0 Å². The molecule has 0 aliphatic carbocycles. The fraction of sp³-hybridized carbons (Fsp3) is 0.462. The number of halogens is 1. The second-order valence-corrected chi connectivity index (χ2v) is 9.24. The van der Waals surface area contributed by atoms with Crippen molar-refractivity contribution in [1.82, 2.24) is 0 Å². The second kappa shape index (κ2) is 6.46. The third-order valence-electron chi connectivity index (χ3n) is 3.00. The minimum absolute atomic E-state index is 0.00784. The summed E-state index contributed by atoms with van der Waals surface area (Å²) >= 11 is 5.40. The standard InChI is InChI=1S/C13H17ClO5S2/c1-4-5-6-21(18,19)12-7-9(2)10(13(14)15)8-11(12)20(3,16)17/h7-8H,4-6H2,1-3H3. The largest absolute Gasteiger partial charge is 0.276 e. The summed E-state index contributed by atoms with van der Waals surface area (Å²) in [4.78, 5) is 10.7. The van der Waals surface area contributed by atoms with Gasteiger partial charge in [0, 0.05) is 11.8 Å². The molecule has 0 spiro atoms. The Labute approximate surface area is 130 Å². The Hall–Kier alpha value is -0.920. The molecule has 21 heavy (non-hydrogen) atoms. The minimum Gasteiger partial charge on any atom is -0.276 e. The Morgan fingerprint density at radius 2 is 1.71 bits per heavy atom. The summed E-state index contributed by atoms with van der Waals surface area (Å²) in [5.41, 5.74) is 0.323. The maximum absolute atomic E-state index is 12.3. The van der Waals surface area contributed by atoms with Gasteiger partial charge in [0.2, 0.25) is 0 Å². The molecule has 0 amide bonds. The van der Waals surface area contributed by atoms with E-state index in [4.69, 9.17) is 11.6 Å². The van der Waals surface area contributed by atoms with E-state index in [1.165, 1.54) is 13.0 Å². The van der Waals surface area contributed by atoms with Crippen molar-refractivity contribution in [2.75, 3.05) is 12.0 Å². The van der Waals surface area contributed by atoms with Crippen LogP contribution in [0.25, 0.3) is 0 Å². The number of benzene rings is 1. The number of hydrogen-bond donors (Lipinski definition) is 0. The monoisotopic (exact) mass is 352 g/mol. The Bertz CT molecular complexity index is 764. The fourth-order valence-electron chi connectivity index (χ4n) is 1.85. The number of unbranched alkanes of at least 4 members (excludes halogenated alkanes) is 1. The van der Waals surface area contributed by atoms with E-state index < -0.39 is 24.9 Å². The highest BCUT2D eigenvalue weighted by atomic mass is 35.5. The van der Waals surface area contributed by atoms with Crippen LogP contribution in [0.5, 0.6) is 0 Å². The van der Waals surface area contributed by atoms with Gasteiger partial charge >= 0.3 is 0 Å². The first-order valence-corrected chi connectivity index (χ1v) is 10.2. The van der Waals surface area contributed by atoms with Crippen molar-refractivity contribution in [2.24, 2.45) is 0 Å². The molecule has 0 aliphatic heterocycles. The van der Waals surface area contributed by atoms with Crippen LogP contribution in [-0.2, 0) is 19.7 Å². The van der Waals surface area contributed by atoms with Crippen LogP contribution in [-0.4, -0.2) is 34.1 Å². The predicted molar refractivity (Wildman–Crippen MR) is 81.4 cm³/mol. The van der Waals surface area contributed by atoms with E-state index in [2.05, 4.69) is 0 Å². The number of carbonyl (C=O) groups is 1. The third kappa shape index (κ3) is 4.28. The van der Waals surface area contributed by atoms with Gasteiger partial charge in [-0.15, -0.1) is 0 Å². The predicted octanol–water partition coefficient (Wildman–Crippen LogP) is 2.35. The highest BCUT2D eigenvalue weighted by Crippen LogP contribution is 2.27. The average Bonchev–Trinajstić information content (AvgIpc) is 2.34. The lowest BCUT2D eigenvalue weighted by Crippen LogP contribution is -2.14. The quantitative estimate of drug-likeness (QED) is 0.733. The van der Waals surface area contributed by atoms with Crippen molar-refractivity contribution in [3.8, 4) is 0 Å². The molecule has 0 fully saturated rings. The lowest BCUT2D eigenvalue weighted by Gasteiger charge is -2.12. The first-order valence-electron chi connectivity index (χ1n) is 6.28. The van der Waals surface area contributed by atoms with Gasteiger partial charge in [-0.2, -0.15) is 0 Å². The van der Waals surface area contributed by atoms with Crippen molar-refractivity contribution >= 4 is 36.5 Å². The van der Waals surface area contributed by atoms with Gasteiger partial charge in [0.25, 0.3) is 5.24 Å². The van der Waals surface area contributed by atoms with Gasteiger partial charge in [-0.1, -0.05) is 13.3 Å². The van der Waals surface area contributed by atoms with Crippen LogP contribution in [0.15, 0.2) is 21.9 Å². The first kappa shape index (κ1) is 18.1. The molecule has 0 saturated carbocycles. The zero-order chi connectivity index (χ0) is 16.4. The molecule has 0 heterocycles. The molecule has 1 aromatic carbocycles. The maximum atomic E-state index is 12.3. The zero-order valence-corrected chi connectivity index (χ0v) is 14.4.